The second kappa shape index (κ2) is 5.85. The number of nitrogens with zero attached hydrogens (tertiary/aromatic N) is 5. The van der Waals surface area contributed by atoms with Gasteiger partial charge in [0.1, 0.15) is 5.69 Å². The first-order chi connectivity index (χ1) is 9.42. The van der Waals surface area contributed by atoms with Crippen molar-refractivity contribution < 1.29 is 4.52 Å². The van der Waals surface area contributed by atoms with Gasteiger partial charge in [0.15, 0.2) is 0 Å². The maximum atomic E-state index is 5.27. The van der Waals surface area contributed by atoms with Crippen LogP contribution in [0.1, 0.15) is 12.3 Å². The Bertz CT molecular complexity index is 506. The van der Waals surface area contributed by atoms with Gasteiger partial charge < -0.3 is 9.84 Å². The summed E-state index contributed by atoms with van der Waals surface area (Å²) < 4.78 is 5.27. The number of hydrogen-bond acceptors (Lipinski definition) is 7. The first-order valence-corrected chi connectivity index (χ1v) is 6.44. The summed E-state index contributed by atoms with van der Waals surface area (Å²) in [5.74, 6) is 1.12. The molecule has 3 heterocycles. The molecule has 100 valence electrons. The van der Waals surface area contributed by atoms with Gasteiger partial charge in [-0.15, -0.1) is 0 Å². The molecule has 0 atom stereocenters. The average molecular weight is 260 g/mol. The van der Waals surface area contributed by atoms with E-state index in [0.29, 0.717) is 24.0 Å². The lowest BCUT2D eigenvalue weighted by molar-refractivity contribution is 0.239. The van der Waals surface area contributed by atoms with Crippen LogP contribution in [0.25, 0.3) is 11.5 Å². The van der Waals surface area contributed by atoms with Gasteiger partial charge in [-0.1, -0.05) is 5.16 Å². The van der Waals surface area contributed by atoms with Crippen molar-refractivity contribution in [1.82, 2.24) is 30.3 Å². The highest BCUT2D eigenvalue weighted by molar-refractivity contribution is 5.45. The summed E-state index contributed by atoms with van der Waals surface area (Å²) in [6.07, 6.45) is 6.01. The van der Waals surface area contributed by atoms with Gasteiger partial charge in [0.2, 0.25) is 11.7 Å². The van der Waals surface area contributed by atoms with Gasteiger partial charge in [-0.25, -0.2) is 4.98 Å². The third kappa shape index (κ3) is 3.12. The Kier molecular flexibility index (Phi) is 3.75. The van der Waals surface area contributed by atoms with Crippen molar-refractivity contribution in [2.75, 3.05) is 26.2 Å². The van der Waals surface area contributed by atoms with E-state index >= 15 is 0 Å². The van der Waals surface area contributed by atoms with E-state index in [0.717, 1.165) is 32.6 Å². The molecule has 0 unspecified atom stereocenters. The summed E-state index contributed by atoms with van der Waals surface area (Å²) in [5.41, 5.74) is 0.634. The summed E-state index contributed by atoms with van der Waals surface area (Å²) >= 11 is 0. The quantitative estimate of drug-likeness (QED) is 0.851. The highest BCUT2D eigenvalue weighted by Gasteiger charge is 2.14. The molecule has 0 spiro atoms. The van der Waals surface area contributed by atoms with Crippen LogP contribution in [0.4, 0.5) is 0 Å². The van der Waals surface area contributed by atoms with Gasteiger partial charge in [-0.2, -0.15) is 4.98 Å². The molecule has 0 aliphatic carbocycles. The minimum absolute atomic E-state index is 0.496. The van der Waals surface area contributed by atoms with E-state index in [4.69, 9.17) is 4.52 Å². The molecular weight excluding hydrogens is 244 g/mol. The Labute approximate surface area is 111 Å². The Hall–Kier alpha value is -1.86. The Morgan fingerprint density at radius 3 is 3.16 bits per heavy atom. The van der Waals surface area contributed by atoms with E-state index < -0.39 is 0 Å². The van der Waals surface area contributed by atoms with Crippen LogP contribution in [0.3, 0.4) is 0 Å². The molecule has 0 radical (unpaired) electrons. The minimum Gasteiger partial charge on any atom is -0.337 e. The molecule has 0 aromatic carbocycles. The van der Waals surface area contributed by atoms with Crippen molar-refractivity contribution in [2.24, 2.45) is 0 Å². The zero-order valence-corrected chi connectivity index (χ0v) is 10.6. The first-order valence-electron chi connectivity index (χ1n) is 6.44. The molecule has 0 saturated carbocycles. The van der Waals surface area contributed by atoms with Gasteiger partial charge in [-0.05, 0) is 19.5 Å². The summed E-state index contributed by atoms with van der Waals surface area (Å²) in [4.78, 5) is 14.8. The van der Waals surface area contributed by atoms with Gasteiger partial charge in [0.05, 0.1) is 12.7 Å². The normalized spacial score (nSPS) is 17.3. The van der Waals surface area contributed by atoms with Crippen LogP contribution in [0.2, 0.25) is 0 Å². The third-order valence-electron chi connectivity index (χ3n) is 3.05. The fourth-order valence-corrected chi connectivity index (χ4v) is 2.09. The standard InChI is InChI=1S/C12H16N6O/c1-2-13-5-7-18(6-1)9-11-16-12(17-19-11)10-8-14-3-4-15-10/h3-4,8,13H,1-2,5-7,9H2. The predicted molar refractivity (Wildman–Crippen MR) is 68.1 cm³/mol. The van der Waals surface area contributed by atoms with Crippen LogP contribution in [0.5, 0.6) is 0 Å². The van der Waals surface area contributed by atoms with Crippen LogP contribution in [0.15, 0.2) is 23.1 Å². The zero-order valence-electron chi connectivity index (χ0n) is 10.6. The van der Waals surface area contributed by atoms with E-state index in [9.17, 15) is 0 Å². The fourth-order valence-electron chi connectivity index (χ4n) is 2.09. The van der Waals surface area contributed by atoms with E-state index in [1.165, 1.54) is 0 Å². The molecule has 0 bridgehead atoms. The van der Waals surface area contributed by atoms with Crippen LogP contribution < -0.4 is 5.32 Å². The van der Waals surface area contributed by atoms with Crippen LogP contribution in [-0.2, 0) is 6.54 Å². The summed E-state index contributed by atoms with van der Waals surface area (Å²) in [5, 5.41) is 7.31. The van der Waals surface area contributed by atoms with Gasteiger partial charge in [-0.3, -0.25) is 9.88 Å². The fraction of sp³-hybridized carbons (Fsp3) is 0.500. The Morgan fingerprint density at radius 2 is 2.26 bits per heavy atom. The molecule has 1 aliphatic rings. The van der Waals surface area contributed by atoms with Crippen molar-refractivity contribution in [3.8, 4) is 11.5 Å². The molecule has 1 N–H and O–H groups in total. The van der Waals surface area contributed by atoms with Crippen molar-refractivity contribution in [2.45, 2.75) is 13.0 Å². The lowest BCUT2D eigenvalue weighted by Crippen LogP contribution is -2.27. The lowest BCUT2D eigenvalue weighted by atomic mass is 10.4. The van der Waals surface area contributed by atoms with Crippen LogP contribution in [-0.4, -0.2) is 51.2 Å². The zero-order chi connectivity index (χ0) is 12.9. The van der Waals surface area contributed by atoms with Crippen LogP contribution in [0, 0.1) is 0 Å². The number of aromatic nitrogens is 4. The summed E-state index contributed by atoms with van der Waals surface area (Å²) in [7, 11) is 0. The second-order valence-electron chi connectivity index (χ2n) is 4.48. The molecule has 19 heavy (non-hydrogen) atoms. The molecule has 1 saturated heterocycles. The van der Waals surface area contributed by atoms with Crippen molar-refractivity contribution in [1.29, 1.82) is 0 Å². The Morgan fingerprint density at radius 1 is 1.26 bits per heavy atom. The van der Waals surface area contributed by atoms with Gasteiger partial charge in [0, 0.05) is 25.5 Å². The molecule has 0 amide bonds. The van der Waals surface area contributed by atoms with Crippen molar-refractivity contribution >= 4 is 0 Å². The number of rotatable bonds is 3. The molecule has 7 nitrogen and oxygen atoms in total. The molecule has 2 aromatic heterocycles. The van der Waals surface area contributed by atoms with Gasteiger partial charge >= 0.3 is 0 Å². The van der Waals surface area contributed by atoms with E-state index in [-0.39, 0.29) is 0 Å². The molecule has 7 heteroatoms. The van der Waals surface area contributed by atoms with Crippen LogP contribution >= 0.6 is 0 Å². The van der Waals surface area contributed by atoms with E-state index in [2.05, 4.69) is 30.3 Å². The average Bonchev–Trinajstić information content (AvgIpc) is 2.76. The molecule has 1 fully saturated rings. The van der Waals surface area contributed by atoms with E-state index in [1.54, 1.807) is 18.6 Å². The highest BCUT2D eigenvalue weighted by Crippen LogP contribution is 2.12. The van der Waals surface area contributed by atoms with Crippen molar-refractivity contribution in [3.05, 3.63) is 24.5 Å². The largest absolute Gasteiger partial charge is 0.337 e. The first kappa shape index (κ1) is 12.2. The molecule has 2 aromatic rings. The lowest BCUT2D eigenvalue weighted by Gasteiger charge is -2.16. The monoisotopic (exact) mass is 260 g/mol. The highest BCUT2D eigenvalue weighted by atomic mass is 16.5. The van der Waals surface area contributed by atoms with Crippen molar-refractivity contribution in [3.63, 3.8) is 0 Å². The smallest absolute Gasteiger partial charge is 0.241 e. The third-order valence-corrected chi connectivity index (χ3v) is 3.05. The topological polar surface area (TPSA) is 80.0 Å². The molecule has 1 aliphatic heterocycles. The Balaban J connectivity index is 1.68. The maximum Gasteiger partial charge on any atom is 0.241 e. The minimum atomic E-state index is 0.496. The number of nitrogens with one attached hydrogen (secondary N) is 1. The van der Waals surface area contributed by atoms with Gasteiger partial charge in [0.25, 0.3) is 0 Å². The summed E-state index contributed by atoms with van der Waals surface area (Å²) in [6, 6.07) is 0. The maximum absolute atomic E-state index is 5.27. The summed E-state index contributed by atoms with van der Waals surface area (Å²) in [6.45, 7) is 4.82. The molecule has 3 rings (SSSR count). The van der Waals surface area contributed by atoms with E-state index in [1.807, 2.05) is 0 Å². The SMILES string of the molecule is c1cnc(-c2noc(CN3CCCNCC3)n2)cn1. The molecular formula is C12H16N6O. The predicted octanol–water partition coefficient (Wildman–Crippen LogP) is 0.322. The second-order valence-corrected chi connectivity index (χ2v) is 4.48. The number of hydrogen-bond donors (Lipinski definition) is 1.